The molecule has 10 fully saturated rings. The highest BCUT2D eigenvalue weighted by Gasteiger charge is 2.81. The molecule has 4 spiro atoms. The number of nitrogens with one attached hydrogen (secondary N) is 2. The molecule has 0 aromatic carbocycles. The van der Waals surface area contributed by atoms with Crippen molar-refractivity contribution in [2.45, 2.75) is 229 Å². The number of aliphatic imine (C=N–C) groups is 1. The smallest absolute Gasteiger partial charge is 0.190 e. The topological polar surface area (TPSA) is 239 Å². The second kappa shape index (κ2) is 21.2. The molecule has 1 saturated heterocycles. The Labute approximate surface area is 507 Å². The van der Waals surface area contributed by atoms with Gasteiger partial charge in [-0.25, -0.2) is 4.98 Å². The molecule has 13 aliphatic rings. The normalized spacial score (nSPS) is 47.6. The number of imidazole rings is 1. The molecule has 464 valence electrons. The van der Waals surface area contributed by atoms with E-state index in [-0.39, 0.29) is 82.7 Å². The molecule has 12 aliphatic carbocycles. The second-order valence-corrected chi connectivity index (χ2v) is 34.4. The maximum atomic E-state index is 15.9. The van der Waals surface area contributed by atoms with Crippen LogP contribution in [0.25, 0.3) is 0 Å². The first-order valence-electron chi connectivity index (χ1n) is 33.6. The maximum Gasteiger partial charge on any atom is 0.190 e. The summed E-state index contributed by atoms with van der Waals surface area (Å²) in [5, 5.41) is 97.4. The number of carbonyl (C=O) groups is 1. The summed E-state index contributed by atoms with van der Waals surface area (Å²) >= 11 is 0. The molecule has 9 saturated carbocycles. The molecule has 1 aromatic rings. The fraction of sp³-hybridized carbons (Fsp3) is 0.838. The van der Waals surface area contributed by atoms with Crippen LogP contribution in [0.4, 0.5) is 0 Å². The standard InChI is InChI=1S/C68H102N6O8S2/c1-38(76)73-60(69)72-32-40-28-66(36-75)46-27-50(68(66,82)47-26-48(77)56-45(33-70-5)58(80)49(78)30-62(56,4)54(40)47)67(22-12-21-65(67)31-51(79)64(35-65)18-8-9-19-64)84-83-34-41(74-24-23-71-37-74)29-61(2,3)57-43-15-11-20-63(16-6-7-17-63)55(43)42-14-10-13-39-25-44(46)59(81)53(57)52(39)42/h23-24,26,37-41,44-46,49-51,53-56,58-59,70,75-76,78-82H,6-22,25,27-36H2,1-5H3,(H3,69,72,73). The van der Waals surface area contributed by atoms with Gasteiger partial charge in [0.15, 0.2) is 11.7 Å². The molecule has 1 aliphatic heterocycles. The number of ketones is 1. The van der Waals surface area contributed by atoms with Gasteiger partial charge in [0.1, 0.15) is 6.23 Å². The monoisotopic (exact) mass is 1190 g/mol. The number of aliphatic hydroxyl groups excluding tert-OH is 6. The maximum absolute atomic E-state index is 15.9. The summed E-state index contributed by atoms with van der Waals surface area (Å²) in [5.74, 6) is -2.21. The lowest BCUT2D eigenvalue weighted by Gasteiger charge is -2.66. The van der Waals surface area contributed by atoms with Crippen LogP contribution in [0.3, 0.4) is 0 Å². The minimum atomic E-state index is -1.78. The van der Waals surface area contributed by atoms with Crippen LogP contribution in [0, 0.1) is 91.7 Å². The van der Waals surface area contributed by atoms with Gasteiger partial charge in [-0.1, -0.05) is 96.8 Å². The minimum Gasteiger partial charge on any atom is -0.396 e. The van der Waals surface area contributed by atoms with Gasteiger partial charge in [-0.2, -0.15) is 0 Å². The zero-order valence-corrected chi connectivity index (χ0v) is 52.8. The second-order valence-electron chi connectivity index (χ2n) is 31.8. The van der Waals surface area contributed by atoms with Gasteiger partial charge in [-0.05, 0) is 204 Å². The van der Waals surface area contributed by atoms with E-state index in [1.165, 1.54) is 44.1 Å². The van der Waals surface area contributed by atoms with E-state index in [4.69, 9.17) is 15.7 Å². The van der Waals surface area contributed by atoms with Crippen LogP contribution in [0.5, 0.6) is 0 Å². The largest absolute Gasteiger partial charge is 0.396 e. The van der Waals surface area contributed by atoms with E-state index < -0.39 is 81.4 Å². The lowest BCUT2D eigenvalue weighted by molar-refractivity contribution is -0.198. The van der Waals surface area contributed by atoms with Gasteiger partial charge in [-0.3, -0.25) is 9.79 Å². The molecule has 21 atom stereocenters. The highest BCUT2D eigenvalue weighted by molar-refractivity contribution is 8.77. The van der Waals surface area contributed by atoms with E-state index in [0.29, 0.717) is 37.3 Å². The number of aromatic nitrogens is 2. The van der Waals surface area contributed by atoms with Gasteiger partial charge in [0.2, 0.25) is 0 Å². The fourth-order valence-electron chi connectivity index (χ4n) is 25.2. The summed E-state index contributed by atoms with van der Waals surface area (Å²) in [5.41, 5.74) is 8.99. The predicted octanol–water partition coefficient (Wildman–Crippen LogP) is 8.94. The van der Waals surface area contributed by atoms with Crippen molar-refractivity contribution in [1.29, 1.82) is 0 Å². The number of nitrogens with two attached hydrogens (primary N) is 1. The zero-order valence-electron chi connectivity index (χ0n) is 51.1. The molecule has 1 aromatic heterocycles. The summed E-state index contributed by atoms with van der Waals surface area (Å²) in [6.07, 6.45) is 26.4. The Balaban J connectivity index is 1.03. The van der Waals surface area contributed by atoms with Crippen LogP contribution in [-0.4, -0.2) is 131 Å². The summed E-state index contributed by atoms with van der Waals surface area (Å²) in [7, 11) is 5.75. The van der Waals surface area contributed by atoms with Crippen LogP contribution in [0.15, 0.2) is 57.7 Å². The first-order chi connectivity index (χ1) is 40.2. The minimum absolute atomic E-state index is 0.0681. The Morgan fingerprint density at radius 3 is 2.35 bits per heavy atom. The molecular weight excluding hydrogens is 1090 g/mol. The van der Waals surface area contributed by atoms with Crippen LogP contribution < -0.4 is 16.4 Å². The number of nitrogens with zero attached hydrogens (tertiary/aromatic N) is 3. The number of fused-ring (bicyclic) bond motifs is 16. The third kappa shape index (κ3) is 8.32. The van der Waals surface area contributed by atoms with Gasteiger partial charge < -0.3 is 56.7 Å². The summed E-state index contributed by atoms with van der Waals surface area (Å²) < 4.78 is 1.73. The molecule has 11 N–H and O–H groups in total. The van der Waals surface area contributed by atoms with E-state index in [2.05, 4.69) is 42.2 Å². The Morgan fingerprint density at radius 1 is 0.893 bits per heavy atom. The van der Waals surface area contributed by atoms with E-state index >= 15 is 9.90 Å². The third-order valence-electron chi connectivity index (χ3n) is 27.7. The molecule has 16 heteroatoms. The van der Waals surface area contributed by atoms with Gasteiger partial charge >= 0.3 is 0 Å². The summed E-state index contributed by atoms with van der Waals surface area (Å²) in [6, 6.07) is 0.0681. The number of hydrogen-bond donors (Lipinski definition) is 10. The van der Waals surface area contributed by atoms with E-state index in [1.807, 2.05) is 41.2 Å². The van der Waals surface area contributed by atoms with Crippen molar-refractivity contribution in [2.75, 3.05) is 32.5 Å². The van der Waals surface area contributed by atoms with Gasteiger partial charge in [0.05, 0.1) is 43.0 Å². The number of carbonyl (C=O) groups excluding carboxylic acids is 1. The van der Waals surface area contributed by atoms with Gasteiger partial charge in [0.25, 0.3) is 0 Å². The predicted molar refractivity (Wildman–Crippen MR) is 330 cm³/mol. The number of allylic oxidation sites excluding steroid dienone is 3. The third-order valence-corrected chi connectivity index (χ3v) is 31.2. The lowest BCUT2D eigenvalue weighted by atomic mass is 9.40. The quantitative estimate of drug-likeness (QED) is 0.0404. The molecule has 0 radical (unpaired) electrons. The summed E-state index contributed by atoms with van der Waals surface area (Å²) in [6.45, 7) is 8.85. The Hall–Kier alpha value is -2.25. The average molecular weight is 1200 g/mol. The lowest BCUT2D eigenvalue weighted by Crippen LogP contribution is -2.70. The summed E-state index contributed by atoms with van der Waals surface area (Å²) in [4.78, 5) is 25.7. The number of rotatable bonds is 7. The Kier molecular flexibility index (Phi) is 15.0. The highest BCUT2D eigenvalue weighted by Crippen LogP contribution is 2.81. The first kappa shape index (κ1) is 59.4. The van der Waals surface area contributed by atoms with Crippen molar-refractivity contribution in [3.8, 4) is 0 Å². The molecular formula is C68H102N6O8S2. The molecule has 0 amide bonds. The van der Waals surface area contributed by atoms with Crippen molar-refractivity contribution in [3.63, 3.8) is 0 Å². The molecule has 14 nitrogen and oxygen atoms in total. The van der Waals surface area contributed by atoms with Crippen molar-refractivity contribution in [1.82, 2.24) is 20.2 Å². The van der Waals surface area contributed by atoms with E-state index in [1.54, 1.807) is 29.7 Å². The molecule has 21 unspecified atom stereocenters. The molecule has 2 heterocycles. The Bertz CT molecular complexity index is 2840. The highest BCUT2D eigenvalue weighted by atomic mass is 33.1. The van der Waals surface area contributed by atoms with Crippen molar-refractivity contribution in [2.24, 2.45) is 102 Å². The Morgan fingerprint density at radius 2 is 1.63 bits per heavy atom. The first-order valence-corrected chi connectivity index (χ1v) is 35.9. The van der Waals surface area contributed by atoms with Gasteiger partial charge in [-0.15, -0.1) is 0 Å². The molecule has 14 rings (SSSR count). The van der Waals surface area contributed by atoms with Crippen LogP contribution >= 0.6 is 21.6 Å². The molecule has 4 bridgehead atoms. The van der Waals surface area contributed by atoms with Crippen LogP contribution in [0.2, 0.25) is 0 Å². The van der Waals surface area contributed by atoms with E-state index in [0.717, 1.165) is 95.6 Å². The van der Waals surface area contributed by atoms with Crippen molar-refractivity contribution < 1.29 is 40.5 Å². The number of aliphatic hydroxyl groups is 7. The molecule has 84 heavy (non-hydrogen) atoms. The van der Waals surface area contributed by atoms with Gasteiger partial charge in [0, 0.05) is 77.0 Å². The SMILES string of the molecule is CNCC1C(O)C(O)CC2(C)C3C(=CC(=O)C12)C1(O)C2CC(C4CC5CCCC6=C5C(C(=C5CCCC7(CCCC7)C65)C(C)(C)CC(n5ccnc5)CSSC25CCCC52CC(O)C5(CCCC5)C2)C4O)C1(CO)CC3CN=C(N)NC(C)O. The van der Waals surface area contributed by atoms with Crippen molar-refractivity contribution in [3.05, 3.63) is 52.7 Å². The van der Waals surface area contributed by atoms with Crippen molar-refractivity contribution >= 4 is 33.3 Å². The zero-order chi connectivity index (χ0) is 58.7. The van der Waals surface area contributed by atoms with Crippen LogP contribution in [-0.2, 0) is 4.79 Å². The average Bonchev–Trinajstić information content (AvgIpc) is 1.36. The van der Waals surface area contributed by atoms with E-state index in [9.17, 15) is 30.6 Å². The number of hydrogen-bond acceptors (Lipinski definition) is 13. The van der Waals surface area contributed by atoms with Crippen LogP contribution in [0.1, 0.15) is 188 Å². The number of guanidine groups is 1. The fourth-order valence-corrected chi connectivity index (χ4v) is 29.4.